The molecule has 0 aliphatic rings. The third-order valence-electron chi connectivity index (χ3n) is 2.65. The first-order valence-electron chi connectivity index (χ1n) is 6.48. The van der Waals surface area contributed by atoms with Gasteiger partial charge in [-0.2, -0.15) is 5.10 Å². The molecule has 0 aliphatic carbocycles. The third kappa shape index (κ3) is 4.79. The maximum Gasteiger partial charge on any atom is 0.319 e. The zero-order valence-electron chi connectivity index (χ0n) is 11.8. The number of carbonyl (C=O) groups excluding carboxylic acids is 1. The molecule has 0 aliphatic heterocycles. The fraction of sp³-hybridized carbons (Fsp3) is 0.286. The standard InChI is InChI=1S/C14H17FN4O2/c1-10(21-13-5-3-4-11(15)6-13)7-16-14(20)18-12-8-17-19(2)9-12/h3-6,8-10H,7H2,1-2H3,(H2,16,18,20)/t10-/m0/s1. The summed E-state index contributed by atoms with van der Waals surface area (Å²) in [4.78, 5) is 11.7. The summed E-state index contributed by atoms with van der Waals surface area (Å²) >= 11 is 0. The number of amides is 2. The Morgan fingerprint density at radius 2 is 2.33 bits per heavy atom. The Balaban J connectivity index is 1.75. The van der Waals surface area contributed by atoms with Crippen molar-refractivity contribution in [2.45, 2.75) is 13.0 Å². The number of anilines is 1. The number of hydrogen-bond acceptors (Lipinski definition) is 3. The van der Waals surface area contributed by atoms with Crippen LogP contribution in [0.1, 0.15) is 6.92 Å². The van der Waals surface area contributed by atoms with Gasteiger partial charge in [0, 0.05) is 19.3 Å². The summed E-state index contributed by atoms with van der Waals surface area (Å²) in [5.41, 5.74) is 0.605. The van der Waals surface area contributed by atoms with E-state index in [0.717, 1.165) is 0 Å². The predicted molar refractivity (Wildman–Crippen MR) is 76.7 cm³/mol. The topological polar surface area (TPSA) is 68.2 Å². The normalized spacial score (nSPS) is 11.8. The van der Waals surface area contributed by atoms with Crippen molar-refractivity contribution in [3.05, 3.63) is 42.5 Å². The molecule has 0 bridgehead atoms. The minimum absolute atomic E-state index is 0.286. The first-order chi connectivity index (χ1) is 10.0. The van der Waals surface area contributed by atoms with Crippen LogP contribution in [0.2, 0.25) is 0 Å². The van der Waals surface area contributed by atoms with E-state index in [1.54, 1.807) is 43.2 Å². The number of nitrogens with one attached hydrogen (secondary N) is 2. The molecular formula is C14H17FN4O2. The van der Waals surface area contributed by atoms with Gasteiger partial charge in [-0.05, 0) is 19.1 Å². The van der Waals surface area contributed by atoms with Crippen LogP contribution in [0.5, 0.6) is 5.75 Å². The van der Waals surface area contributed by atoms with Crippen molar-refractivity contribution in [1.82, 2.24) is 15.1 Å². The molecule has 2 amide bonds. The lowest BCUT2D eigenvalue weighted by atomic mass is 10.3. The highest BCUT2D eigenvalue weighted by Gasteiger charge is 2.08. The van der Waals surface area contributed by atoms with Gasteiger partial charge >= 0.3 is 6.03 Å². The zero-order chi connectivity index (χ0) is 15.2. The van der Waals surface area contributed by atoms with Gasteiger partial charge in [0.2, 0.25) is 0 Å². The Bertz CT molecular complexity index is 615. The first kappa shape index (κ1) is 14.8. The minimum atomic E-state index is -0.359. The molecule has 2 rings (SSSR count). The van der Waals surface area contributed by atoms with Crippen LogP contribution in [-0.2, 0) is 7.05 Å². The van der Waals surface area contributed by atoms with Crippen molar-refractivity contribution >= 4 is 11.7 Å². The van der Waals surface area contributed by atoms with E-state index < -0.39 is 0 Å². The fourth-order valence-corrected chi connectivity index (χ4v) is 1.71. The molecule has 1 aromatic carbocycles. The van der Waals surface area contributed by atoms with Crippen LogP contribution in [0.25, 0.3) is 0 Å². The molecule has 1 atom stereocenters. The van der Waals surface area contributed by atoms with Crippen molar-refractivity contribution in [1.29, 1.82) is 0 Å². The highest BCUT2D eigenvalue weighted by atomic mass is 19.1. The van der Waals surface area contributed by atoms with Gasteiger partial charge in [-0.3, -0.25) is 4.68 Å². The van der Waals surface area contributed by atoms with E-state index in [-0.39, 0.29) is 18.0 Å². The smallest absolute Gasteiger partial charge is 0.319 e. The number of aryl methyl sites for hydroxylation is 1. The van der Waals surface area contributed by atoms with E-state index in [1.807, 2.05) is 0 Å². The second kappa shape index (κ2) is 6.74. The second-order valence-electron chi connectivity index (χ2n) is 4.62. The Morgan fingerprint density at radius 1 is 1.52 bits per heavy atom. The largest absolute Gasteiger partial charge is 0.489 e. The molecule has 0 spiro atoms. The lowest BCUT2D eigenvalue weighted by molar-refractivity contribution is 0.211. The maximum atomic E-state index is 13.0. The molecule has 112 valence electrons. The molecule has 0 saturated carbocycles. The van der Waals surface area contributed by atoms with E-state index in [4.69, 9.17) is 4.74 Å². The lowest BCUT2D eigenvalue weighted by Crippen LogP contribution is -2.36. The quantitative estimate of drug-likeness (QED) is 0.887. The molecule has 21 heavy (non-hydrogen) atoms. The number of rotatable bonds is 5. The van der Waals surface area contributed by atoms with Gasteiger partial charge in [0.25, 0.3) is 0 Å². The van der Waals surface area contributed by atoms with Gasteiger partial charge in [-0.15, -0.1) is 0 Å². The lowest BCUT2D eigenvalue weighted by Gasteiger charge is -2.15. The van der Waals surface area contributed by atoms with Crippen LogP contribution >= 0.6 is 0 Å². The molecule has 6 nitrogen and oxygen atoms in total. The summed E-state index contributed by atoms with van der Waals surface area (Å²) < 4.78 is 20.1. The molecule has 2 N–H and O–H groups in total. The van der Waals surface area contributed by atoms with Crippen molar-refractivity contribution < 1.29 is 13.9 Å². The summed E-state index contributed by atoms with van der Waals surface area (Å²) in [7, 11) is 1.76. The number of benzene rings is 1. The van der Waals surface area contributed by atoms with Crippen LogP contribution in [0.3, 0.4) is 0 Å². The monoisotopic (exact) mass is 292 g/mol. The summed E-state index contributed by atoms with van der Waals surface area (Å²) in [6.45, 7) is 2.08. The molecule has 0 saturated heterocycles. The van der Waals surface area contributed by atoms with E-state index >= 15 is 0 Å². The van der Waals surface area contributed by atoms with Crippen molar-refractivity contribution in [3.63, 3.8) is 0 Å². The van der Waals surface area contributed by atoms with Crippen molar-refractivity contribution in [2.24, 2.45) is 7.05 Å². The van der Waals surface area contributed by atoms with Crippen LogP contribution < -0.4 is 15.4 Å². The van der Waals surface area contributed by atoms with Gasteiger partial charge in [0.1, 0.15) is 17.7 Å². The van der Waals surface area contributed by atoms with Gasteiger partial charge in [0.05, 0.1) is 18.4 Å². The second-order valence-corrected chi connectivity index (χ2v) is 4.62. The van der Waals surface area contributed by atoms with Gasteiger partial charge < -0.3 is 15.4 Å². The van der Waals surface area contributed by atoms with Crippen LogP contribution in [0.15, 0.2) is 36.7 Å². The van der Waals surface area contributed by atoms with Gasteiger partial charge in [-0.1, -0.05) is 6.07 Å². The van der Waals surface area contributed by atoms with E-state index in [2.05, 4.69) is 15.7 Å². The summed E-state index contributed by atoms with van der Waals surface area (Å²) in [5, 5.41) is 9.25. The number of aromatic nitrogens is 2. The SMILES string of the molecule is C[C@@H](CNC(=O)Nc1cnn(C)c1)Oc1cccc(F)c1. The van der Waals surface area contributed by atoms with Crippen LogP contribution in [-0.4, -0.2) is 28.5 Å². The highest BCUT2D eigenvalue weighted by molar-refractivity contribution is 5.88. The zero-order valence-corrected chi connectivity index (χ0v) is 11.8. The van der Waals surface area contributed by atoms with Crippen LogP contribution in [0, 0.1) is 5.82 Å². The molecule has 2 aromatic rings. The Morgan fingerprint density at radius 3 is 3.00 bits per heavy atom. The first-order valence-corrected chi connectivity index (χ1v) is 6.48. The number of urea groups is 1. The third-order valence-corrected chi connectivity index (χ3v) is 2.65. The predicted octanol–water partition coefficient (Wildman–Crippen LogP) is 2.15. The van der Waals surface area contributed by atoms with Crippen molar-refractivity contribution in [3.8, 4) is 5.75 Å². The Hall–Kier alpha value is -2.57. The van der Waals surface area contributed by atoms with Crippen molar-refractivity contribution in [2.75, 3.05) is 11.9 Å². The number of ether oxygens (including phenoxy) is 1. The molecule has 1 heterocycles. The van der Waals surface area contributed by atoms with Gasteiger partial charge in [-0.25, -0.2) is 9.18 Å². The average molecular weight is 292 g/mol. The summed E-state index contributed by atoms with van der Waals surface area (Å²) in [5.74, 6) is 0.0685. The van der Waals surface area contributed by atoms with E-state index in [9.17, 15) is 9.18 Å². The Labute approximate surface area is 121 Å². The summed E-state index contributed by atoms with van der Waals surface area (Å²) in [6, 6.07) is 5.52. The molecular weight excluding hydrogens is 275 g/mol. The van der Waals surface area contributed by atoms with Gasteiger partial charge in [0.15, 0.2) is 0 Å². The maximum absolute atomic E-state index is 13.0. The number of halogens is 1. The van der Waals surface area contributed by atoms with E-state index in [0.29, 0.717) is 18.0 Å². The van der Waals surface area contributed by atoms with Crippen LogP contribution in [0.4, 0.5) is 14.9 Å². The molecule has 0 radical (unpaired) electrons. The minimum Gasteiger partial charge on any atom is -0.489 e. The molecule has 0 unspecified atom stereocenters. The molecule has 7 heteroatoms. The van der Waals surface area contributed by atoms with E-state index in [1.165, 1.54) is 12.1 Å². The number of hydrogen-bond donors (Lipinski definition) is 2. The summed E-state index contributed by atoms with van der Waals surface area (Å²) in [6.07, 6.45) is 2.95. The number of nitrogens with zero attached hydrogens (tertiary/aromatic N) is 2. The molecule has 0 fully saturated rings. The molecule has 1 aromatic heterocycles. The number of carbonyl (C=O) groups is 1. The Kier molecular flexibility index (Phi) is 4.76. The average Bonchev–Trinajstić information content (AvgIpc) is 2.82. The highest BCUT2D eigenvalue weighted by Crippen LogP contribution is 2.13. The fourth-order valence-electron chi connectivity index (χ4n) is 1.71.